The van der Waals surface area contributed by atoms with Crippen molar-refractivity contribution in [1.82, 2.24) is 9.80 Å². The average molecular weight is 208 g/mol. The van der Waals surface area contributed by atoms with E-state index in [0.29, 0.717) is 0 Å². The van der Waals surface area contributed by atoms with E-state index >= 15 is 0 Å². The van der Waals surface area contributed by atoms with Crippen molar-refractivity contribution in [2.75, 3.05) is 34.1 Å². The van der Waals surface area contributed by atoms with Crippen LogP contribution >= 0.6 is 0 Å². The maximum atomic E-state index is 12.0. The van der Waals surface area contributed by atoms with Crippen LogP contribution in [0.2, 0.25) is 0 Å². The van der Waals surface area contributed by atoms with Gasteiger partial charge >= 0.3 is 6.09 Å². The molecule has 0 unspecified atom stereocenters. The summed E-state index contributed by atoms with van der Waals surface area (Å²) in [5, 5.41) is 0. The number of likely N-dealkylation sites (N-methyl/N-ethyl adjacent to an activating group) is 2. The molecule has 0 bridgehead atoms. The van der Waals surface area contributed by atoms with Crippen LogP contribution in [0.1, 0.15) is 29.0 Å². The molecule has 4 nitrogen and oxygen atoms in total. The third-order valence-corrected chi connectivity index (χ3v) is 0.984. The van der Waals surface area contributed by atoms with Crippen LogP contribution in [0.15, 0.2) is 0 Å². The number of rotatable bonds is 3. The number of amides is 1. The molecular weight excluding hydrogens is 180 g/mol. The van der Waals surface area contributed by atoms with Crippen LogP contribution < -0.4 is 0 Å². The van der Waals surface area contributed by atoms with Gasteiger partial charge in [0.25, 0.3) is 0 Å². The summed E-state index contributed by atoms with van der Waals surface area (Å²) in [6.45, 7) is -2.88. The molecule has 84 valence electrons. The molecule has 0 radical (unpaired) electrons. The first-order valence-electron chi connectivity index (χ1n) is 7.34. The van der Waals surface area contributed by atoms with E-state index in [1.165, 1.54) is 14.1 Å². The van der Waals surface area contributed by atoms with Gasteiger partial charge in [-0.2, -0.15) is 0 Å². The highest BCUT2D eigenvalue weighted by Gasteiger charge is 2.19. The molecule has 0 aliphatic carbocycles. The zero-order valence-corrected chi connectivity index (χ0v) is 9.29. The molecule has 0 aliphatic heterocycles. The Morgan fingerprint density at radius 3 is 2.36 bits per heavy atom. The Bertz CT molecular complexity index is 354. The maximum absolute atomic E-state index is 12.0. The van der Waals surface area contributed by atoms with Gasteiger partial charge in [-0.15, -0.1) is 0 Å². The molecule has 4 heteroatoms. The number of carbonyl (C=O) groups is 1. The number of ether oxygens (including phenoxy) is 1. The highest BCUT2D eigenvalue weighted by Crippen LogP contribution is 2.08. The smallest absolute Gasteiger partial charge is 0.410 e. The molecule has 14 heavy (non-hydrogen) atoms. The number of carbonyl (C=O) groups excluding carboxylic acids is 1. The molecule has 0 rings (SSSR count). The minimum atomic E-state index is -2.91. The highest BCUT2D eigenvalue weighted by molar-refractivity contribution is 5.67. The zero-order chi connectivity index (χ0) is 16.5. The van der Waals surface area contributed by atoms with E-state index in [9.17, 15) is 4.79 Å². The average Bonchev–Trinajstić information content (AvgIpc) is 2.11. The summed E-state index contributed by atoms with van der Waals surface area (Å²) in [6, 6.07) is 0. The third-order valence-electron chi connectivity index (χ3n) is 0.984. The van der Waals surface area contributed by atoms with Crippen molar-refractivity contribution in [3.63, 3.8) is 0 Å². The fourth-order valence-electron chi connectivity index (χ4n) is 0.511. The van der Waals surface area contributed by atoms with Crippen molar-refractivity contribution in [2.45, 2.75) is 26.4 Å². The van der Waals surface area contributed by atoms with Gasteiger partial charge in [0.15, 0.2) is 0 Å². The maximum Gasteiger partial charge on any atom is 0.410 e. The van der Waals surface area contributed by atoms with E-state index in [2.05, 4.69) is 0 Å². The van der Waals surface area contributed by atoms with Crippen molar-refractivity contribution in [3.05, 3.63) is 0 Å². The van der Waals surface area contributed by atoms with Crippen LogP contribution in [0.3, 0.4) is 0 Å². The Kier molecular flexibility index (Phi) is 2.21. The van der Waals surface area contributed by atoms with E-state index in [1.807, 2.05) is 0 Å². The molecule has 0 aromatic carbocycles. The highest BCUT2D eigenvalue weighted by atomic mass is 16.6. The van der Waals surface area contributed by atoms with Crippen molar-refractivity contribution in [1.29, 1.82) is 0 Å². The van der Waals surface area contributed by atoms with E-state index in [1.54, 1.807) is 20.8 Å². The molecular formula is C10H22N2O2. The van der Waals surface area contributed by atoms with Gasteiger partial charge in [0.05, 0.1) is 2.74 Å². The van der Waals surface area contributed by atoms with Gasteiger partial charge in [-0.25, -0.2) is 4.79 Å². The summed E-state index contributed by atoms with van der Waals surface area (Å²) in [5.74, 6) is 0. The van der Waals surface area contributed by atoms with Crippen LogP contribution in [0.5, 0.6) is 0 Å². The van der Waals surface area contributed by atoms with Gasteiger partial charge in [0.1, 0.15) is 5.60 Å². The number of nitrogens with zero attached hydrogens (tertiary/aromatic N) is 2. The lowest BCUT2D eigenvalue weighted by Gasteiger charge is -2.25. The second-order valence-electron chi connectivity index (χ2n) is 3.97. The van der Waals surface area contributed by atoms with Gasteiger partial charge in [0, 0.05) is 25.5 Å². The van der Waals surface area contributed by atoms with Crippen molar-refractivity contribution < 1.29 is 17.8 Å². The van der Waals surface area contributed by atoms with E-state index in [-0.39, 0.29) is 4.90 Å². The molecule has 0 atom stereocenters. The van der Waals surface area contributed by atoms with Crippen molar-refractivity contribution in [2.24, 2.45) is 0 Å². The van der Waals surface area contributed by atoms with E-state index in [4.69, 9.17) is 13.0 Å². The fourth-order valence-corrected chi connectivity index (χ4v) is 0.511. The number of hydrogen-bond donors (Lipinski definition) is 0. The molecule has 0 saturated heterocycles. The summed E-state index contributed by atoms with van der Waals surface area (Å²) in [5.41, 5.74) is -0.939. The summed E-state index contributed by atoms with van der Waals surface area (Å²) in [6.07, 6.45) is -1.25. The Labute approximate surface area is 95.2 Å². The largest absolute Gasteiger partial charge is 0.444 e. The first-order valence-corrected chi connectivity index (χ1v) is 4.19. The van der Waals surface area contributed by atoms with Crippen LogP contribution in [-0.2, 0) is 4.74 Å². The zero-order valence-electron chi connectivity index (χ0n) is 15.3. The van der Waals surface area contributed by atoms with E-state index < -0.39 is 31.7 Å². The molecule has 0 aromatic heterocycles. The Balaban J connectivity index is 5.54. The molecule has 0 aromatic rings. The van der Waals surface area contributed by atoms with Crippen LogP contribution in [-0.4, -0.2) is 55.6 Å². The van der Waals surface area contributed by atoms with Crippen molar-refractivity contribution in [3.8, 4) is 0 Å². The fraction of sp³-hybridized carbons (Fsp3) is 0.900. The van der Waals surface area contributed by atoms with Gasteiger partial charge < -0.3 is 14.5 Å². The number of hydrogen-bond acceptors (Lipinski definition) is 3. The molecule has 0 saturated carbocycles. The molecule has 0 fully saturated rings. The Morgan fingerprint density at radius 2 is 2.00 bits per heavy atom. The minimum Gasteiger partial charge on any atom is -0.444 e. The SMILES string of the molecule is [2H]C([2H])N(C(=O)OC(C)(C)C)C([2H])([2H])C([2H])([2H])N(C)C. The molecule has 1 amide bonds. The molecule has 0 spiro atoms. The predicted octanol–water partition coefficient (Wildman–Crippen LogP) is 1.41. The summed E-state index contributed by atoms with van der Waals surface area (Å²) < 4.78 is 50.7. The second-order valence-corrected chi connectivity index (χ2v) is 3.97. The van der Waals surface area contributed by atoms with Gasteiger partial charge in [-0.05, 0) is 34.9 Å². The Hall–Kier alpha value is -0.770. The minimum absolute atomic E-state index is 0.137. The van der Waals surface area contributed by atoms with Crippen LogP contribution in [0, 0.1) is 0 Å². The standard InChI is InChI=1S/C10H22N2O2/c1-10(2,3)14-9(13)12(6)8-7-11(4)5/h7-8H2,1-6H3/i6D2,7D2,8D2. The lowest BCUT2D eigenvalue weighted by atomic mass is 10.2. The summed E-state index contributed by atoms with van der Waals surface area (Å²) >= 11 is 0. The normalized spacial score (nSPS) is 20.2. The van der Waals surface area contributed by atoms with Gasteiger partial charge in [0.2, 0.25) is 0 Å². The predicted molar refractivity (Wildman–Crippen MR) is 57.4 cm³/mol. The summed E-state index contributed by atoms with van der Waals surface area (Å²) in [4.78, 5) is 13.0. The second kappa shape index (κ2) is 5.20. The molecule has 0 aliphatic rings. The lowest BCUT2D eigenvalue weighted by molar-refractivity contribution is 0.0290. The topological polar surface area (TPSA) is 32.8 Å². The molecule has 0 N–H and O–H groups in total. The summed E-state index contributed by atoms with van der Waals surface area (Å²) in [7, 11) is 2.60. The monoisotopic (exact) mass is 208 g/mol. The first-order chi connectivity index (χ1) is 8.64. The van der Waals surface area contributed by atoms with Gasteiger partial charge in [-0.3, -0.25) is 0 Å². The van der Waals surface area contributed by atoms with Gasteiger partial charge in [-0.1, -0.05) is 0 Å². The van der Waals surface area contributed by atoms with Crippen LogP contribution in [0.4, 0.5) is 4.79 Å². The van der Waals surface area contributed by atoms with Crippen LogP contribution in [0.25, 0.3) is 0 Å². The first kappa shape index (κ1) is 5.95. The third kappa shape index (κ3) is 6.71. The Morgan fingerprint density at radius 1 is 1.43 bits per heavy atom. The van der Waals surface area contributed by atoms with E-state index in [0.717, 1.165) is 4.90 Å². The molecule has 0 heterocycles. The quantitative estimate of drug-likeness (QED) is 0.703. The van der Waals surface area contributed by atoms with Crippen molar-refractivity contribution >= 4 is 6.09 Å². The lowest BCUT2D eigenvalue weighted by Crippen LogP contribution is -2.37.